The highest BCUT2D eigenvalue weighted by Gasteiger charge is 2.29. The van der Waals surface area contributed by atoms with Gasteiger partial charge in [-0.05, 0) is 51.3 Å². The zero-order chi connectivity index (χ0) is 16.5. The SMILES string of the molecule is C[C@H]1CC=C(c2ccc(F)c(F)c2)N(C(=O)OC(C)(C)C)C1. The lowest BCUT2D eigenvalue weighted by Crippen LogP contribution is -2.39. The predicted octanol–water partition coefficient (Wildman–Crippen LogP) is 4.58. The Hall–Kier alpha value is -1.91. The fourth-order valence-corrected chi connectivity index (χ4v) is 2.33. The maximum Gasteiger partial charge on any atom is 0.414 e. The van der Waals surface area contributed by atoms with Gasteiger partial charge in [-0.1, -0.05) is 13.0 Å². The van der Waals surface area contributed by atoms with Gasteiger partial charge < -0.3 is 4.74 Å². The van der Waals surface area contributed by atoms with E-state index < -0.39 is 23.3 Å². The minimum atomic E-state index is -0.929. The normalized spacial score (nSPS) is 18.9. The minimum Gasteiger partial charge on any atom is -0.443 e. The Kier molecular flexibility index (Phi) is 4.54. The second-order valence-electron chi connectivity index (χ2n) is 6.65. The summed E-state index contributed by atoms with van der Waals surface area (Å²) in [5.41, 5.74) is 0.416. The topological polar surface area (TPSA) is 29.5 Å². The van der Waals surface area contributed by atoms with E-state index in [1.165, 1.54) is 11.0 Å². The predicted molar refractivity (Wildman–Crippen MR) is 81.1 cm³/mol. The lowest BCUT2D eigenvalue weighted by Gasteiger charge is -2.33. The van der Waals surface area contributed by atoms with Gasteiger partial charge in [0.2, 0.25) is 0 Å². The molecule has 0 aliphatic carbocycles. The van der Waals surface area contributed by atoms with Gasteiger partial charge >= 0.3 is 6.09 Å². The molecule has 1 heterocycles. The van der Waals surface area contributed by atoms with E-state index in [0.29, 0.717) is 17.8 Å². The number of carbonyl (C=O) groups is 1. The first-order valence-corrected chi connectivity index (χ1v) is 7.33. The van der Waals surface area contributed by atoms with Crippen LogP contribution in [0.2, 0.25) is 0 Å². The molecule has 1 aliphatic rings. The monoisotopic (exact) mass is 309 g/mol. The van der Waals surface area contributed by atoms with Crippen molar-refractivity contribution in [3.8, 4) is 0 Å². The van der Waals surface area contributed by atoms with Crippen LogP contribution in [0.4, 0.5) is 13.6 Å². The van der Waals surface area contributed by atoms with Gasteiger partial charge in [-0.15, -0.1) is 0 Å². The molecule has 1 aliphatic heterocycles. The van der Waals surface area contributed by atoms with E-state index in [1.54, 1.807) is 20.8 Å². The third kappa shape index (κ3) is 3.84. The van der Waals surface area contributed by atoms with Crippen molar-refractivity contribution < 1.29 is 18.3 Å². The Morgan fingerprint density at radius 3 is 2.55 bits per heavy atom. The Morgan fingerprint density at radius 2 is 1.95 bits per heavy atom. The van der Waals surface area contributed by atoms with Gasteiger partial charge in [-0.2, -0.15) is 0 Å². The van der Waals surface area contributed by atoms with Crippen LogP contribution in [-0.4, -0.2) is 23.1 Å². The highest BCUT2D eigenvalue weighted by molar-refractivity contribution is 5.83. The van der Waals surface area contributed by atoms with Crippen LogP contribution >= 0.6 is 0 Å². The lowest BCUT2D eigenvalue weighted by atomic mass is 9.98. The molecule has 1 aromatic rings. The smallest absolute Gasteiger partial charge is 0.414 e. The van der Waals surface area contributed by atoms with Crippen LogP contribution in [0.5, 0.6) is 0 Å². The van der Waals surface area contributed by atoms with Crippen molar-refractivity contribution in [2.24, 2.45) is 5.92 Å². The molecular weight excluding hydrogens is 288 g/mol. The van der Waals surface area contributed by atoms with E-state index in [-0.39, 0.29) is 5.92 Å². The van der Waals surface area contributed by atoms with Crippen LogP contribution < -0.4 is 0 Å². The molecular formula is C17H21F2NO2. The van der Waals surface area contributed by atoms with E-state index in [9.17, 15) is 13.6 Å². The summed E-state index contributed by atoms with van der Waals surface area (Å²) in [4.78, 5) is 13.9. The van der Waals surface area contributed by atoms with Gasteiger partial charge in [-0.3, -0.25) is 4.90 Å². The van der Waals surface area contributed by atoms with Gasteiger partial charge in [0.05, 0.1) is 5.70 Å². The molecule has 0 saturated carbocycles. The van der Waals surface area contributed by atoms with Crippen LogP contribution in [0, 0.1) is 17.6 Å². The summed E-state index contributed by atoms with van der Waals surface area (Å²) in [6, 6.07) is 3.64. The third-order valence-electron chi connectivity index (χ3n) is 3.33. The zero-order valence-electron chi connectivity index (χ0n) is 13.3. The summed E-state index contributed by atoms with van der Waals surface area (Å²) in [6.07, 6.45) is 2.16. The zero-order valence-corrected chi connectivity index (χ0v) is 13.3. The molecule has 22 heavy (non-hydrogen) atoms. The molecule has 2 rings (SSSR count). The standard InChI is InChI=1S/C17H21F2NO2/c1-11-5-8-15(12-6-7-13(18)14(19)9-12)20(10-11)16(21)22-17(2,3)4/h6-9,11H,5,10H2,1-4H3/t11-/m0/s1. The molecule has 0 saturated heterocycles. The summed E-state index contributed by atoms with van der Waals surface area (Å²) in [5.74, 6) is -1.56. The van der Waals surface area contributed by atoms with Gasteiger partial charge in [0, 0.05) is 12.1 Å². The van der Waals surface area contributed by atoms with Crippen molar-refractivity contribution in [1.29, 1.82) is 0 Å². The molecule has 1 amide bonds. The van der Waals surface area contributed by atoms with Crippen LogP contribution in [0.1, 0.15) is 39.7 Å². The summed E-state index contributed by atoms with van der Waals surface area (Å²) in [7, 11) is 0. The number of allylic oxidation sites excluding steroid dienone is 1. The molecule has 0 radical (unpaired) electrons. The minimum absolute atomic E-state index is 0.279. The first kappa shape index (κ1) is 16.5. The molecule has 0 N–H and O–H groups in total. The number of hydrogen-bond acceptors (Lipinski definition) is 2. The summed E-state index contributed by atoms with van der Waals surface area (Å²) >= 11 is 0. The number of rotatable bonds is 1. The fraction of sp³-hybridized carbons (Fsp3) is 0.471. The Bertz CT molecular complexity index is 605. The van der Waals surface area contributed by atoms with Gasteiger partial charge in [0.1, 0.15) is 5.60 Å². The van der Waals surface area contributed by atoms with Gasteiger partial charge in [0.25, 0.3) is 0 Å². The number of nitrogens with zero attached hydrogens (tertiary/aromatic N) is 1. The molecule has 0 unspecified atom stereocenters. The molecule has 0 fully saturated rings. The van der Waals surface area contributed by atoms with Crippen molar-refractivity contribution in [3.05, 3.63) is 41.5 Å². The number of amides is 1. The van der Waals surface area contributed by atoms with Crippen molar-refractivity contribution in [2.45, 2.75) is 39.7 Å². The second-order valence-corrected chi connectivity index (χ2v) is 6.65. The molecule has 0 aromatic heterocycles. The Morgan fingerprint density at radius 1 is 1.27 bits per heavy atom. The van der Waals surface area contributed by atoms with Crippen molar-refractivity contribution in [1.82, 2.24) is 4.90 Å². The first-order chi connectivity index (χ1) is 10.2. The van der Waals surface area contributed by atoms with Crippen LogP contribution in [0.15, 0.2) is 24.3 Å². The lowest BCUT2D eigenvalue weighted by molar-refractivity contribution is 0.0327. The van der Waals surface area contributed by atoms with E-state index in [2.05, 4.69) is 0 Å². The number of halogens is 2. The Labute approximate surface area is 129 Å². The number of carbonyl (C=O) groups excluding carboxylic acids is 1. The quantitative estimate of drug-likeness (QED) is 0.760. The molecule has 0 spiro atoms. The van der Waals surface area contributed by atoms with E-state index in [1.807, 2.05) is 13.0 Å². The molecule has 120 valence electrons. The Balaban J connectivity index is 2.33. The van der Waals surface area contributed by atoms with Crippen LogP contribution in [0.25, 0.3) is 5.70 Å². The maximum atomic E-state index is 13.5. The fourth-order valence-electron chi connectivity index (χ4n) is 2.33. The molecule has 1 atom stereocenters. The van der Waals surface area contributed by atoms with Crippen LogP contribution in [0.3, 0.4) is 0 Å². The average Bonchev–Trinajstić information content (AvgIpc) is 2.40. The maximum absolute atomic E-state index is 13.5. The van der Waals surface area contributed by atoms with Gasteiger partial charge in [-0.25, -0.2) is 13.6 Å². The number of benzene rings is 1. The largest absolute Gasteiger partial charge is 0.443 e. The number of hydrogen-bond donors (Lipinski definition) is 0. The highest BCUT2D eigenvalue weighted by atomic mass is 19.2. The van der Waals surface area contributed by atoms with Crippen LogP contribution in [-0.2, 0) is 4.74 Å². The summed E-state index contributed by atoms with van der Waals surface area (Å²) < 4.78 is 32.0. The second kappa shape index (κ2) is 6.07. The van der Waals surface area contributed by atoms with Crippen molar-refractivity contribution in [2.75, 3.05) is 6.54 Å². The molecule has 5 heteroatoms. The first-order valence-electron chi connectivity index (χ1n) is 7.33. The van der Waals surface area contributed by atoms with E-state index >= 15 is 0 Å². The van der Waals surface area contributed by atoms with E-state index in [0.717, 1.165) is 18.6 Å². The third-order valence-corrected chi connectivity index (χ3v) is 3.33. The van der Waals surface area contributed by atoms with Crippen molar-refractivity contribution in [3.63, 3.8) is 0 Å². The summed E-state index contributed by atoms with van der Waals surface area (Å²) in [5, 5.41) is 0. The number of ether oxygens (including phenoxy) is 1. The molecule has 3 nitrogen and oxygen atoms in total. The summed E-state index contributed by atoms with van der Waals surface area (Å²) in [6.45, 7) is 7.88. The average molecular weight is 309 g/mol. The molecule has 1 aromatic carbocycles. The highest BCUT2D eigenvalue weighted by Crippen LogP contribution is 2.29. The van der Waals surface area contributed by atoms with Gasteiger partial charge in [0.15, 0.2) is 11.6 Å². The van der Waals surface area contributed by atoms with Crippen molar-refractivity contribution >= 4 is 11.8 Å². The molecule has 0 bridgehead atoms. The van der Waals surface area contributed by atoms with E-state index in [4.69, 9.17) is 4.74 Å².